The van der Waals surface area contributed by atoms with Gasteiger partial charge in [-0.15, -0.1) is 11.3 Å². The van der Waals surface area contributed by atoms with Crippen LogP contribution in [-0.4, -0.2) is 15.0 Å². The highest BCUT2D eigenvalue weighted by Crippen LogP contribution is 2.53. The van der Waals surface area contributed by atoms with Crippen molar-refractivity contribution >= 4 is 70.4 Å². The van der Waals surface area contributed by atoms with Crippen molar-refractivity contribution in [3.63, 3.8) is 0 Å². The lowest BCUT2D eigenvalue weighted by Gasteiger charge is -2.33. The van der Waals surface area contributed by atoms with E-state index in [4.69, 9.17) is 15.0 Å². The van der Waals surface area contributed by atoms with E-state index in [1.165, 1.54) is 41.9 Å². The van der Waals surface area contributed by atoms with Crippen LogP contribution in [0.15, 0.2) is 146 Å². The second kappa shape index (κ2) is 9.80. The van der Waals surface area contributed by atoms with Gasteiger partial charge in [0.15, 0.2) is 11.6 Å². The number of hydrogen-bond acceptors (Lipinski definition) is 5. The molecule has 46 heavy (non-hydrogen) atoms. The molecule has 1 aliphatic heterocycles. The Morgan fingerprint density at radius 2 is 1.15 bits per heavy atom. The number of fused-ring (bicyclic) bond motifs is 7. The van der Waals surface area contributed by atoms with Gasteiger partial charge in [0.25, 0.3) is 0 Å². The SMILES string of the molecule is c1ccc(-c2nc(-c3cccc4c3sc3ccccc34)nc(N3c4c(ccc5ccccc45)-c4cccc5cccc3c45)n2)cc1. The third-order valence-electron chi connectivity index (χ3n) is 9.04. The normalized spacial score (nSPS) is 12.3. The third-order valence-corrected chi connectivity index (χ3v) is 10.3. The van der Waals surface area contributed by atoms with Gasteiger partial charge in [-0.2, -0.15) is 9.97 Å². The second-order valence-electron chi connectivity index (χ2n) is 11.6. The van der Waals surface area contributed by atoms with Gasteiger partial charge in [-0.25, -0.2) is 4.98 Å². The molecule has 0 bridgehead atoms. The van der Waals surface area contributed by atoms with Gasteiger partial charge in [-0.1, -0.05) is 127 Å². The van der Waals surface area contributed by atoms with Crippen molar-refractivity contribution in [3.8, 4) is 33.9 Å². The van der Waals surface area contributed by atoms with Gasteiger partial charge in [-0.05, 0) is 34.5 Å². The number of anilines is 3. The maximum atomic E-state index is 5.35. The summed E-state index contributed by atoms with van der Waals surface area (Å²) in [5.74, 6) is 1.90. The summed E-state index contributed by atoms with van der Waals surface area (Å²) in [4.78, 5) is 18.0. The first kappa shape index (κ1) is 25.4. The Bertz CT molecular complexity index is 2650. The maximum Gasteiger partial charge on any atom is 0.238 e. The zero-order chi connectivity index (χ0) is 30.2. The van der Waals surface area contributed by atoms with Gasteiger partial charge < -0.3 is 0 Å². The molecule has 1 aliphatic rings. The summed E-state index contributed by atoms with van der Waals surface area (Å²) in [5.41, 5.74) is 6.49. The van der Waals surface area contributed by atoms with E-state index >= 15 is 0 Å². The van der Waals surface area contributed by atoms with Crippen LogP contribution in [0.1, 0.15) is 0 Å². The minimum Gasteiger partial charge on any atom is -0.277 e. The number of benzene rings is 7. The van der Waals surface area contributed by atoms with Crippen LogP contribution in [0.4, 0.5) is 17.3 Å². The molecule has 2 aromatic heterocycles. The van der Waals surface area contributed by atoms with E-state index in [0.717, 1.165) is 33.5 Å². The van der Waals surface area contributed by atoms with E-state index in [1.807, 2.05) is 18.2 Å². The molecule has 0 amide bonds. The fraction of sp³-hybridized carbons (Fsp3) is 0. The van der Waals surface area contributed by atoms with Crippen molar-refractivity contribution in [2.45, 2.75) is 0 Å². The van der Waals surface area contributed by atoms with Gasteiger partial charge >= 0.3 is 0 Å². The van der Waals surface area contributed by atoms with Crippen molar-refractivity contribution < 1.29 is 0 Å². The van der Waals surface area contributed by atoms with Crippen molar-refractivity contribution in [3.05, 3.63) is 146 Å². The number of rotatable bonds is 3. The fourth-order valence-electron chi connectivity index (χ4n) is 7.00. The van der Waals surface area contributed by atoms with Crippen LogP contribution in [0.25, 0.3) is 75.6 Å². The van der Waals surface area contributed by atoms with Gasteiger partial charge in [0, 0.05) is 47.6 Å². The minimum absolute atomic E-state index is 0.599. The molecule has 5 heteroatoms. The molecule has 9 aromatic rings. The summed E-state index contributed by atoms with van der Waals surface area (Å²) >= 11 is 1.79. The van der Waals surface area contributed by atoms with E-state index in [-0.39, 0.29) is 0 Å². The Balaban J connectivity index is 1.32. The van der Waals surface area contributed by atoms with Crippen LogP contribution in [0.3, 0.4) is 0 Å². The van der Waals surface area contributed by atoms with Gasteiger partial charge in [0.05, 0.1) is 11.4 Å². The molecule has 0 radical (unpaired) electrons. The first-order valence-electron chi connectivity index (χ1n) is 15.4. The highest BCUT2D eigenvalue weighted by molar-refractivity contribution is 7.26. The fourth-order valence-corrected chi connectivity index (χ4v) is 8.21. The van der Waals surface area contributed by atoms with E-state index in [9.17, 15) is 0 Å². The predicted octanol–water partition coefficient (Wildman–Crippen LogP) is 11.3. The highest BCUT2D eigenvalue weighted by atomic mass is 32.1. The average Bonchev–Trinajstić information content (AvgIpc) is 3.51. The smallest absolute Gasteiger partial charge is 0.238 e. The van der Waals surface area contributed by atoms with E-state index in [2.05, 4.69) is 132 Å². The van der Waals surface area contributed by atoms with Crippen LogP contribution in [0, 0.1) is 0 Å². The summed E-state index contributed by atoms with van der Waals surface area (Å²) in [5, 5.41) is 7.18. The van der Waals surface area contributed by atoms with Crippen LogP contribution in [0.5, 0.6) is 0 Å². The standard InChI is InChI=1S/C41H24N4S/c1-2-12-27(13-3-1)39-42-40(33-20-10-19-32-29-17-6-7-22-35(29)46-38(32)33)44-41(43-39)45-34-21-9-15-26-14-8-18-30(36(26)34)31-24-23-25-11-4-5-16-28(25)37(31)45/h1-24H. The molecular weight excluding hydrogens is 581 g/mol. The van der Waals surface area contributed by atoms with Gasteiger partial charge in [0.1, 0.15) is 0 Å². The molecule has 0 saturated carbocycles. The maximum absolute atomic E-state index is 5.35. The summed E-state index contributed by atoms with van der Waals surface area (Å²) < 4.78 is 2.43. The average molecular weight is 605 g/mol. The molecule has 0 saturated heterocycles. The lowest BCUT2D eigenvalue weighted by Crippen LogP contribution is -2.19. The largest absolute Gasteiger partial charge is 0.277 e. The molecule has 0 spiro atoms. The molecule has 0 aliphatic carbocycles. The molecule has 3 heterocycles. The minimum atomic E-state index is 0.599. The second-order valence-corrected chi connectivity index (χ2v) is 12.7. The first-order valence-corrected chi connectivity index (χ1v) is 16.2. The zero-order valence-corrected chi connectivity index (χ0v) is 25.4. The zero-order valence-electron chi connectivity index (χ0n) is 24.6. The predicted molar refractivity (Wildman–Crippen MR) is 192 cm³/mol. The van der Waals surface area contributed by atoms with Gasteiger partial charge in [-0.3, -0.25) is 4.90 Å². The Kier molecular flexibility index (Phi) is 5.41. The lowest BCUT2D eigenvalue weighted by atomic mass is 9.89. The Labute approximate surface area is 268 Å². The van der Waals surface area contributed by atoms with Crippen LogP contribution >= 0.6 is 11.3 Å². The molecule has 0 unspecified atom stereocenters. The molecule has 0 fully saturated rings. The molecule has 214 valence electrons. The number of thiophene rings is 1. The third kappa shape index (κ3) is 3.69. The van der Waals surface area contributed by atoms with Crippen molar-refractivity contribution in [1.29, 1.82) is 0 Å². The van der Waals surface area contributed by atoms with E-state index in [0.29, 0.717) is 17.6 Å². The Morgan fingerprint density at radius 1 is 0.457 bits per heavy atom. The van der Waals surface area contributed by atoms with Crippen molar-refractivity contribution in [2.75, 3.05) is 4.90 Å². The van der Waals surface area contributed by atoms with Crippen LogP contribution < -0.4 is 4.90 Å². The number of aromatic nitrogens is 3. The monoisotopic (exact) mass is 604 g/mol. The van der Waals surface area contributed by atoms with Crippen molar-refractivity contribution in [1.82, 2.24) is 15.0 Å². The molecular formula is C41H24N4S. The molecule has 10 rings (SSSR count). The summed E-state index contributed by atoms with van der Waals surface area (Å²) in [7, 11) is 0. The molecule has 0 atom stereocenters. The number of nitrogens with zero attached hydrogens (tertiary/aromatic N) is 4. The first-order chi connectivity index (χ1) is 22.8. The number of hydrogen-bond donors (Lipinski definition) is 0. The Morgan fingerprint density at radius 3 is 2.07 bits per heavy atom. The van der Waals surface area contributed by atoms with Gasteiger partial charge in [0.2, 0.25) is 5.95 Å². The lowest BCUT2D eigenvalue weighted by molar-refractivity contribution is 1.03. The summed E-state index contributed by atoms with van der Waals surface area (Å²) in [6.07, 6.45) is 0. The summed E-state index contributed by atoms with van der Waals surface area (Å²) in [6.45, 7) is 0. The quantitative estimate of drug-likeness (QED) is 0.201. The Hall–Kier alpha value is -5.91. The molecule has 0 N–H and O–H groups in total. The van der Waals surface area contributed by atoms with E-state index in [1.54, 1.807) is 11.3 Å². The van der Waals surface area contributed by atoms with E-state index < -0.39 is 0 Å². The molecule has 4 nitrogen and oxygen atoms in total. The highest BCUT2D eigenvalue weighted by Gasteiger charge is 2.30. The van der Waals surface area contributed by atoms with Crippen molar-refractivity contribution in [2.24, 2.45) is 0 Å². The topological polar surface area (TPSA) is 41.9 Å². The molecule has 7 aromatic carbocycles. The summed E-state index contributed by atoms with van der Waals surface area (Å²) in [6, 6.07) is 51.4. The van der Waals surface area contributed by atoms with Crippen LogP contribution in [-0.2, 0) is 0 Å². The van der Waals surface area contributed by atoms with Crippen LogP contribution in [0.2, 0.25) is 0 Å².